The van der Waals surface area contributed by atoms with Crippen molar-refractivity contribution in [2.45, 2.75) is 45.3 Å². The molecular formula is C27H31N3O4. The van der Waals surface area contributed by atoms with E-state index in [9.17, 15) is 14.4 Å². The molecule has 0 saturated heterocycles. The second-order valence-corrected chi connectivity index (χ2v) is 9.30. The summed E-state index contributed by atoms with van der Waals surface area (Å²) in [5, 5.41) is 3.86. The molecule has 2 aromatic carbocycles. The molecule has 0 radical (unpaired) electrons. The van der Waals surface area contributed by atoms with Crippen molar-refractivity contribution in [3.8, 4) is 0 Å². The largest absolute Gasteiger partial charge is 0.467 e. The van der Waals surface area contributed by atoms with Crippen molar-refractivity contribution in [3.05, 3.63) is 71.4 Å². The summed E-state index contributed by atoms with van der Waals surface area (Å²) in [7, 11) is 3.28. The molecule has 7 heteroatoms. The van der Waals surface area contributed by atoms with E-state index >= 15 is 0 Å². The van der Waals surface area contributed by atoms with Gasteiger partial charge in [-0.25, -0.2) is 4.79 Å². The number of aryl methyl sites for hydroxylation is 1. The minimum absolute atomic E-state index is 0.181. The van der Waals surface area contributed by atoms with Crippen molar-refractivity contribution in [3.63, 3.8) is 0 Å². The molecule has 4 rings (SSSR count). The van der Waals surface area contributed by atoms with E-state index in [0.29, 0.717) is 12.0 Å². The van der Waals surface area contributed by atoms with E-state index < -0.39 is 24.1 Å². The SMILES string of the molecule is COC(=O)C(CC(C)C)NC(=O)C(C)N1C(=O)c2ccccc2C1c1cn(C)c2ccccc12. The fraction of sp³-hybridized carbons (Fsp3) is 0.370. The van der Waals surface area contributed by atoms with E-state index in [1.54, 1.807) is 17.9 Å². The van der Waals surface area contributed by atoms with Gasteiger partial charge in [-0.1, -0.05) is 50.2 Å². The van der Waals surface area contributed by atoms with Crippen molar-refractivity contribution >= 4 is 28.7 Å². The molecular weight excluding hydrogens is 430 g/mol. The summed E-state index contributed by atoms with van der Waals surface area (Å²) in [6.07, 6.45) is 2.48. The third-order valence-electron chi connectivity index (χ3n) is 6.53. The highest BCUT2D eigenvalue weighted by Crippen LogP contribution is 2.42. The number of hydrogen-bond acceptors (Lipinski definition) is 4. The Hall–Kier alpha value is -3.61. The third-order valence-corrected chi connectivity index (χ3v) is 6.53. The molecule has 0 saturated carbocycles. The van der Waals surface area contributed by atoms with Crippen molar-refractivity contribution in [1.29, 1.82) is 0 Å². The molecule has 2 amide bonds. The minimum Gasteiger partial charge on any atom is -0.467 e. The Labute approximate surface area is 199 Å². The van der Waals surface area contributed by atoms with Crippen LogP contribution in [-0.4, -0.2) is 46.4 Å². The summed E-state index contributed by atoms with van der Waals surface area (Å²) in [5.41, 5.74) is 3.47. The van der Waals surface area contributed by atoms with Crippen LogP contribution < -0.4 is 5.32 Å². The Kier molecular flexibility index (Phi) is 6.46. The Morgan fingerprint density at radius 2 is 1.71 bits per heavy atom. The maximum atomic E-state index is 13.6. The molecule has 3 atom stereocenters. The van der Waals surface area contributed by atoms with Gasteiger partial charge >= 0.3 is 5.97 Å². The average molecular weight is 462 g/mol. The number of esters is 1. The summed E-state index contributed by atoms with van der Waals surface area (Å²) >= 11 is 0. The summed E-state index contributed by atoms with van der Waals surface area (Å²) < 4.78 is 6.93. The molecule has 1 aliphatic rings. The summed E-state index contributed by atoms with van der Waals surface area (Å²) in [6.45, 7) is 5.66. The summed E-state index contributed by atoms with van der Waals surface area (Å²) in [4.78, 5) is 40.9. The number of nitrogens with zero attached hydrogens (tertiary/aromatic N) is 2. The zero-order chi connectivity index (χ0) is 24.6. The molecule has 0 aliphatic carbocycles. The highest BCUT2D eigenvalue weighted by atomic mass is 16.5. The van der Waals surface area contributed by atoms with Gasteiger partial charge in [0.1, 0.15) is 12.1 Å². The van der Waals surface area contributed by atoms with Gasteiger partial charge in [-0.05, 0) is 37.0 Å². The van der Waals surface area contributed by atoms with Gasteiger partial charge in [0.05, 0.1) is 13.2 Å². The maximum Gasteiger partial charge on any atom is 0.328 e. The van der Waals surface area contributed by atoms with Crippen molar-refractivity contribution < 1.29 is 19.1 Å². The lowest BCUT2D eigenvalue weighted by Crippen LogP contribution is -2.52. The number of rotatable bonds is 7. The van der Waals surface area contributed by atoms with Gasteiger partial charge in [-0.3, -0.25) is 9.59 Å². The predicted molar refractivity (Wildman–Crippen MR) is 130 cm³/mol. The molecule has 0 fully saturated rings. The van der Waals surface area contributed by atoms with Gasteiger partial charge < -0.3 is 19.5 Å². The van der Waals surface area contributed by atoms with E-state index in [0.717, 1.165) is 22.0 Å². The normalized spacial score (nSPS) is 17.1. The Bertz CT molecular complexity index is 1250. The molecule has 0 bridgehead atoms. The average Bonchev–Trinajstić information content (AvgIpc) is 3.31. The van der Waals surface area contributed by atoms with Crippen LogP contribution in [0.4, 0.5) is 0 Å². The molecule has 7 nitrogen and oxygen atoms in total. The van der Waals surface area contributed by atoms with Crippen LogP contribution in [0.5, 0.6) is 0 Å². The number of fused-ring (bicyclic) bond motifs is 2. The van der Waals surface area contributed by atoms with Crippen LogP contribution >= 0.6 is 0 Å². The Balaban J connectivity index is 1.74. The zero-order valence-corrected chi connectivity index (χ0v) is 20.2. The number of methoxy groups -OCH3 is 1. The number of para-hydroxylation sites is 1. The zero-order valence-electron chi connectivity index (χ0n) is 20.2. The fourth-order valence-electron chi connectivity index (χ4n) is 4.89. The van der Waals surface area contributed by atoms with Gasteiger partial charge in [-0.2, -0.15) is 0 Å². The molecule has 34 heavy (non-hydrogen) atoms. The number of aromatic nitrogens is 1. The van der Waals surface area contributed by atoms with Gasteiger partial charge in [0.25, 0.3) is 5.91 Å². The van der Waals surface area contributed by atoms with Crippen LogP contribution in [0.3, 0.4) is 0 Å². The second kappa shape index (κ2) is 9.33. The van der Waals surface area contributed by atoms with Gasteiger partial charge in [-0.15, -0.1) is 0 Å². The maximum absolute atomic E-state index is 13.6. The lowest BCUT2D eigenvalue weighted by atomic mass is 9.97. The number of hydrogen-bond donors (Lipinski definition) is 1. The molecule has 2 heterocycles. The van der Waals surface area contributed by atoms with Crippen LogP contribution in [0.2, 0.25) is 0 Å². The molecule has 3 unspecified atom stereocenters. The molecule has 3 aromatic rings. The highest BCUT2D eigenvalue weighted by molar-refractivity contribution is 6.03. The second-order valence-electron chi connectivity index (χ2n) is 9.30. The number of benzene rings is 2. The standard InChI is InChI=1S/C27H31N3O4/c1-16(2)14-22(27(33)34-5)28-25(31)17(3)30-24(19-11-6-7-12-20(19)26(30)32)21-15-29(4)23-13-9-8-10-18(21)23/h6-13,15-17,22,24H,14H2,1-5H3,(H,28,31). The van der Waals surface area contributed by atoms with E-state index in [4.69, 9.17) is 4.74 Å². The first-order valence-corrected chi connectivity index (χ1v) is 11.6. The van der Waals surface area contributed by atoms with Crippen LogP contribution in [0, 0.1) is 5.92 Å². The lowest BCUT2D eigenvalue weighted by molar-refractivity contribution is -0.146. The van der Waals surface area contributed by atoms with Gasteiger partial charge in [0, 0.05) is 35.3 Å². The van der Waals surface area contributed by atoms with E-state index in [2.05, 4.69) is 5.32 Å². The number of amides is 2. The van der Waals surface area contributed by atoms with Crippen LogP contribution in [0.15, 0.2) is 54.7 Å². The first-order valence-electron chi connectivity index (χ1n) is 11.6. The monoisotopic (exact) mass is 461 g/mol. The number of carbonyl (C=O) groups is 3. The molecule has 1 N–H and O–H groups in total. The third kappa shape index (κ3) is 4.06. The van der Waals surface area contributed by atoms with E-state index in [1.165, 1.54) is 7.11 Å². The van der Waals surface area contributed by atoms with Crippen LogP contribution in [-0.2, 0) is 21.4 Å². The molecule has 0 spiro atoms. The Morgan fingerprint density at radius 1 is 1.03 bits per heavy atom. The highest BCUT2D eigenvalue weighted by Gasteiger charge is 2.43. The van der Waals surface area contributed by atoms with Crippen molar-refractivity contribution in [1.82, 2.24) is 14.8 Å². The van der Waals surface area contributed by atoms with Crippen molar-refractivity contribution in [2.75, 3.05) is 7.11 Å². The van der Waals surface area contributed by atoms with E-state index in [1.807, 2.05) is 74.1 Å². The number of carbonyl (C=O) groups excluding carboxylic acids is 3. The number of ether oxygens (including phenoxy) is 1. The topological polar surface area (TPSA) is 80.6 Å². The van der Waals surface area contributed by atoms with Crippen LogP contribution in [0.25, 0.3) is 10.9 Å². The molecule has 178 valence electrons. The molecule has 1 aromatic heterocycles. The molecule has 1 aliphatic heterocycles. The minimum atomic E-state index is -0.803. The van der Waals surface area contributed by atoms with Crippen molar-refractivity contribution in [2.24, 2.45) is 13.0 Å². The quantitative estimate of drug-likeness (QED) is 0.543. The summed E-state index contributed by atoms with van der Waals surface area (Å²) in [5.74, 6) is -0.895. The smallest absolute Gasteiger partial charge is 0.328 e. The number of nitrogens with one attached hydrogen (secondary N) is 1. The Morgan fingerprint density at radius 3 is 2.41 bits per heavy atom. The first kappa shape index (κ1) is 23.5. The van der Waals surface area contributed by atoms with Gasteiger partial charge in [0.2, 0.25) is 5.91 Å². The van der Waals surface area contributed by atoms with Gasteiger partial charge in [0.15, 0.2) is 0 Å². The predicted octanol–water partition coefficient (Wildman–Crippen LogP) is 3.82. The first-order chi connectivity index (χ1) is 16.2. The van der Waals surface area contributed by atoms with E-state index in [-0.39, 0.29) is 17.7 Å². The van der Waals surface area contributed by atoms with Crippen LogP contribution in [0.1, 0.15) is 54.7 Å². The fourth-order valence-corrected chi connectivity index (χ4v) is 4.89. The summed E-state index contributed by atoms with van der Waals surface area (Å²) in [6, 6.07) is 13.5. The lowest BCUT2D eigenvalue weighted by Gasteiger charge is -2.31.